The maximum atomic E-state index is 14.3. The number of nitrogens with two attached hydrogens (primary N) is 1. The molecule has 1 aromatic carbocycles. The van der Waals surface area contributed by atoms with E-state index in [2.05, 4.69) is 15.6 Å². The van der Waals surface area contributed by atoms with E-state index in [4.69, 9.17) is 5.73 Å². The molecule has 22 heavy (non-hydrogen) atoms. The van der Waals surface area contributed by atoms with Gasteiger partial charge < -0.3 is 16.4 Å². The highest BCUT2D eigenvalue weighted by Crippen LogP contribution is 2.30. The standard InChI is InChI=1S/C16H17FN4O/c1-10(7-19-2)11-5-14(16(18)20-8-11)13-4-3-12(21-9-22)6-15(13)17/h3-9,19H,1-2H3,(H2,18,20)(H,21,22)/b10-7+. The zero-order valence-electron chi connectivity index (χ0n) is 12.4. The van der Waals surface area contributed by atoms with E-state index in [0.717, 1.165) is 11.1 Å². The van der Waals surface area contributed by atoms with E-state index in [1.807, 2.05) is 13.1 Å². The van der Waals surface area contributed by atoms with Gasteiger partial charge in [-0.05, 0) is 48.5 Å². The van der Waals surface area contributed by atoms with Gasteiger partial charge in [0.15, 0.2) is 0 Å². The Labute approximate surface area is 128 Å². The van der Waals surface area contributed by atoms with E-state index in [-0.39, 0.29) is 5.82 Å². The number of nitrogens with zero attached hydrogens (tertiary/aromatic N) is 1. The van der Waals surface area contributed by atoms with E-state index in [0.29, 0.717) is 23.2 Å². The lowest BCUT2D eigenvalue weighted by Gasteiger charge is -2.10. The molecule has 1 aromatic heterocycles. The van der Waals surface area contributed by atoms with Gasteiger partial charge in [0.1, 0.15) is 11.6 Å². The molecule has 4 N–H and O–H groups in total. The second-order valence-electron chi connectivity index (χ2n) is 4.73. The number of carbonyl (C=O) groups excluding carboxylic acids is 1. The maximum Gasteiger partial charge on any atom is 0.211 e. The molecular formula is C16H17FN4O. The van der Waals surface area contributed by atoms with Gasteiger partial charge >= 0.3 is 0 Å². The molecule has 0 aliphatic rings. The van der Waals surface area contributed by atoms with E-state index < -0.39 is 5.82 Å². The molecular weight excluding hydrogens is 283 g/mol. The minimum Gasteiger partial charge on any atom is -0.394 e. The summed E-state index contributed by atoms with van der Waals surface area (Å²) in [5, 5.41) is 5.34. The average molecular weight is 300 g/mol. The molecule has 0 saturated carbocycles. The van der Waals surface area contributed by atoms with Crippen LogP contribution in [0.15, 0.2) is 36.7 Å². The van der Waals surface area contributed by atoms with Gasteiger partial charge in [0.2, 0.25) is 6.41 Å². The molecule has 2 rings (SSSR count). The highest BCUT2D eigenvalue weighted by molar-refractivity contribution is 5.80. The predicted octanol–water partition coefficient (Wildman–Crippen LogP) is 2.62. The topological polar surface area (TPSA) is 80.0 Å². The Kier molecular flexibility index (Phi) is 4.73. The van der Waals surface area contributed by atoms with Crippen LogP contribution in [0.5, 0.6) is 0 Å². The van der Waals surface area contributed by atoms with Crippen LogP contribution < -0.4 is 16.4 Å². The number of carbonyl (C=O) groups is 1. The number of amides is 1. The average Bonchev–Trinajstić information content (AvgIpc) is 2.49. The van der Waals surface area contributed by atoms with Crippen molar-refractivity contribution in [2.75, 3.05) is 18.1 Å². The van der Waals surface area contributed by atoms with Crippen LogP contribution in [0.2, 0.25) is 0 Å². The number of rotatable bonds is 5. The number of benzene rings is 1. The Morgan fingerprint density at radius 3 is 2.73 bits per heavy atom. The number of hydrogen-bond donors (Lipinski definition) is 3. The lowest BCUT2D eigenvalue weighted by atomic mass is 10.0. The SMILES string of the molecule is CN/C=C(\C)c1cnc(N)c(-c2ccc(NC=O)cc2F)c1. The summed E-state index contributed by atoms with van der Waals surface area (Å²) >= 11 is 0. The highest BCUT2D eigenvalue weighted by Gasteiger charge is 2.12. The second kappa shape index (κ2) is 6.71. The quantitative estimate of drug-likeness (QED) is 0.742. The monoisotopic (exact) mass is 300 g/mol. The van der Waals surface area contributed by atoms with Crippen LogP contribution in [0.1, 0.15) is 12.5 Å². The largest absolute Gasteiger partial charge is 0.394 e. The number of anilines is 2. The molecule has 1 amide bonds. The molecule has 1 heterocycles. The van der Waals surface area contributed by atoms with Crippen molar-refractivity contribution in [1.29, 1.82) is 0 Å². The molecule has 0 saturated heterocycles. The van der Waals surface area contributed by atoms with E-state index in [9.17, 15) is 9.18 Å². The van der Waals surface area contributed by atoms with Crippen molar-refractivity contribution in [1.82, 2.24) is 10.3 Å². The molecule has 0 spiro atoms. The molecule has 0 aliphatic heterocycles. The van der Waals surface area contributed by atoms with Gasteiger partial charge in [0, 0.05) is 30.1 Å². The summed E-state index contributed by atoms with van der Waals surface area (Å²) in [6, 6.07) is 6.20. The lowest BCUT2D eigenvalue weighted by Crippen LogP contribution is -2.00. The van der Waals surface area contributed by atoms with Crippen LogP contribution >= 0.6 is 0 Å². The van der Waals surface area contributed by atoms with Crippen molar-refractivity contribution < 1.29 is 9.18 Å². The van der Waals surface area contributed by atoms with Gasteiger partial charge in [-0.25, -0.2) is 9.37 Å². The summed E-state index contributed by atoms with van der Waals surface area (Å²) in [5.74, 6) is -0.233. The molecule has 5 nitrogen and oxygen atoms in total. The van der Waals surface area contributed by atoms with Gasteiger partial charge in [-0.3, -0.25) is 4.79 Å². The first-order chi connectivity index (χ1) is 10.6. The van der Waals surface area contributed by atoms with Crippen molar-refractivity contribution >= 4 is 23.5 Å². The Morgan fingerprint density at radius 2 is 2.09 bits per heavy atom. The summed E-state index contributed by atoms with van der Waals surface area (Å²) in [6.45, 7) is 1.92. The van der Waals surface area contributed by atoms with Crippen molar-refractivity contribution in [3.63, 3.8) is 0 Å². The molecule has 0 unspecified atom stereocenters. The molecule has 2 aromatic rings. The van der Waals surface area contributed by atoms with Gasteiger partial charge in [-0.1, -0.05) is 0 Å². The van der Waals surface area contributed by atoms with E-state index in [1.54, 1.807) is 31.4 Å². The first kappa shape index (κ1) is 15.5. The van der Waals surface area contributed by atoms with Gasteiger partial charge in [0.05, 0.1) is 0 Å². The minimum atomic E-state index is -0.479. The first-order valence-electron chi connectivity index (χ1n) is 6.67. The number of allylic oxidation sites excluding steroid dienone is 1. The van der Waals surface area contributed by atoms with Crippen molar-refractivity contribution in [3.05, 3.63) is 48.0 Å². The fraction of sp³-hybridized carbons (Fsp3) is 0.125. The van der Waals surface area contributed by atoms with Gasteiger partial charge in [0.25, 0.3) is 0 Å². The second-order valence-corrected chi connectivity index (χ2v) is 4.73. The fourth-order valence-electron chi connectivity index (χ4n) is 2.10. The third-order valence-corrected chi connectivity index (χ3v) is 3.22. The summed E-state index contributed by atoms with van der Waals surface area (Å²) in [4.78, 5) is 14.5. The number of nitrogens with one attached hydrogen (secondary N) is 2. The molecule has 6 heteroatoms. The van der Waals surface area contributed by atoms with Gasteiger partial charge in [-0.2, -0.15) is 0 Å². The minimum absolute atomic E-state index is 0.246. The number of nitrogen functional groups attached to an aromatic ring is 1. The Bertz CT molecular complexity index is 728. The number of pyridine rings is 1. The fourth-order valence-corrected chi connectivity index (χ4v) is 2.10. The first-order valence-corrected chi connectivity index (χ1v) is 6.67. The van der Waals surface area contributed by atoms with Crippen LogP contribution in [0.25, 0.3) is 16.7 Å². The smallest absolute Gasteiger partial charge is 0.211 e. The van der Waals surface area contributed by atoms with Crippen molar-refractivity contribution in [3.8, 4) is 11.1 Å². The molecule has 0 atom stereocenters. The van der Waals surface area contributed by atoms with Crippen LogP contribution in [0, 0.1) is 5.82 Å². The third-order valence-electron chi connectivity index (χ3n) is 3.22. The van der Waals surface area contributed by atoms with Crippen LogP contribution in [-0.2, 0) is 4.79 Å². The lowest BCUT2D eigenvalue weighted by molar-refractivity contribution is -0.105. The van der Waals surface area contributed by atoms with E-state index in [1.165, 1.54) is 6.07 Å². The molecule has 0 fully saturated rings. The molecule has 114 valence electrons. The number of hydrogen-bond acceptors (Lipinski definition) is 4. The Hall–Kier alpha value is -2.89. The molecule has 0 aliphatic carbocycles. The summed E-state index contributed by atoms with van der Waals surface area (Å²) < 4.78 is 14.3. The van der Waals surface area contributed by atoms with Crippen molar-refractivity contribution in [2.24, 2.45) is 0 Å². The van der Waals surface area contributed by atoms with Crippen LogP contribution in [-0.4, -0.2) is 18.4 Å². The summed E-state index contributed by atoms with van der Waals surface area (Å²) in [7, 11) is 1.80. The summed E-state index contributed by atoms with van der Waals surface area (Å²) in [6.07, 6.45) is 3.96. The van der Waals surface area contributed by atoms with Gasteiger partial charge in [-0.15, -0.1) is 0 Å². The Balaban J connectivity index is 2.50. The molecule has 0 radical (unpaired) electrons. The van der Waals surface area contributed by atoms with E-state index >= 15 is 0 Å². The predicted molar refractivity (Wildman–Crippen MR) is 86.4 cm³/mol. The zero-order valence-corrected chi connectivity index (χ0v) is 12.4. The van der Waals surface area contributed by atoms with Crippen molar-refractivity contribution in [2.45, 2.75) is 6.92 Å². The molecule has 0 bridgehead atoms. The normalized spacial score (nSPS) is 11.1. The maximum absolute atomic E-state index is 14.3. The van der Waals surface area contributed by atoms with Crippen LogP contribution in [0.3, 0.4) is 0 Å². The van der Waals surface area contributed by atoms with Crippen LogP contribution in [0.4, 0.5) is 15.9 Å². The Morgan fingerprint density at radius 1 is 1.32 bits per heavy atom. The highest BCUT2D eigenvalue weighted by atomic mass is 19.1. The summed E-state index contributed by atoms with van der Waals surface area (Å²) in [5.41, 5.74) is 8.90. The third kappa shape index (κ3) is 3.22. The number of halogens is 1. The zero-order chi connectivity index (χ0) is 16.1. The number of aromatic nitrogens is 1.